The lowest BCUT2D eigenvalue weighted by molar-refractivity contribution is -0.137. The lowest BCUT2D eigenvalue weighted by Crippen LogP contribution is -2.38. The number of nitrogens with zero attached hydrogens (tertiary/aromatic N) is 2. The molecule has 2 rings (SSSR count). The fraction of sp³-hybridized carbons (Fsp3) is 0.682. The number of hydrogen-bond donors (Lipinski definition) is 3. The molecule has 1 heterocycles. The molecule has 1 saturated heterocycles. The van der Waals surface area contributed by atoms with Crippen molar-refractivity contribution in [2.45, 2.75) is 57.7 Å². The quantitative estimate of drug-likeness (QED) is 0.185. The Balaban J connectivity index is 0.00000480. The van der Waals surface area contributed by atoms with E-state index in [2.05, 4.69) is 20.5 Å². The van der Waals surface area contributed by atoms with E-state index in [0.29, 0.717) is 25.1 Å². The zero-order valence-electron chi connectivity index (χ0n) is 18.4. The molecule has 0 aliphatic carbocycles. The molecule has 0 bridgehead atoms. The minimum Gasteiger partial charge on any atom is -0.393 e. The number of aliphatic hydroxyl groups excluding tert-OH is 1. The molecule has 1 aromatic rings. The first-order valence-corrected chi connectivity index (χ1v) is 10.9. The molecule has 1 aliphatic heterocycles. The maximum Gasteiger partial charge on any atom is 0.416 e. The van der Waals surface area contributed by atoms with E-state index in [1.807, 2.05) is 13.8 Å². The molecule has 1 fully saturated rings. The Bertz CT molecular complexity index is 664. The second kappa shape index (κ2) is 14.2. The van der Waals surface area contributed by atoms with Gasteiger partial charge in [0.05, 0.1) is 11.7 Å². The van der Waals surface area contributed by atoms with Gasteiger partial charge in [0.15, 0.2) is 5.96 Å². The summed E-state index contributed by atoms with van der Waals surface area (Å²) in [6.07, 6.45) is -1.11. The lowest BCUT2D eigenvalue weighted by Gasteiger charge is -2.29. The number of likely N-dealkylation sites (tertiary alicyclic amines) is 1. The zero-order chi connectivity index (χ0) is 22.0. The van der Waals surface area contributed by atoms with E-state index >= 15 is 0 Å². The summed E-state index contributed by atoms with van der Waals surface area (Å²) in [5, 5.41) is 16.1. The fourth-order valence-corrected chi connectivity index (χ4v) is 3.57. The van der Waals surface area contributed by atoms with E-state index in [4.69, 9.17) is 0 Å². The number of hydrogen-bond acceptors (Lipinski definition) is 3. The zero-order valence-corrected chi connectivity index (χ0v) is 20.7. The Kier molecular flexibility index (Phi) is 12.8. The molecule has 0 saturated carbocycles. The predicted octanol–water partition coefficient (Wildman–Crippen LogP) is 4.22. The van der Waals surface area contributed by atoms with Gasteiger partial charge >= 0.3 is 6.18 Å². The maximum absolute atomic E-state index is 12.9. The van der Waals surface area contributed by atoms with E-state index in [1.54, 1.807) is 6.07 Å². The molecule has 1 aromatic carbocycles. The second-order valence-corrected chi connectivity index (χ2v) is 7.93. The number of aliphatic hydroxyl groups is 1. The number of halogens is 4. The lowest BCUT2D eigenvalue weighted by atomic mass is 9.96. The van der Waals surface area contributed by atoms with Gasteiger partial charge in [0.2, 0.25) is 0 Å². The van der Waals surface area contributed by atoms with Crippen LogP contribution in [0.15, 0.2) is 29.3 Å². The number of rotatable bonds is 9. The molecule has 1 aliphatic rings. The summed E-state index contributed by atoms with van der Waals surface area (Å²) in [6, 6.07) is 5.56. The highest BCUT2D eigenvalue weighted by Gasteiger charge is 2.30. The first-order valence-electron chi connectivity index (χ1n) is 10.9. The highest BCUT2D eigenvalue weighted by Crippen LogP contribution is 2.31. The van der Waals surface area contributed by atoms with Crippen LogP contribution in [0.3, 0.4) is 0 Å². The number of aliphatic imine (C=N–C) groups is 1. The molecule has 31 heavy (non-hydrogen) atoms. The Morgan fingerprint density at radius 2 is 1.97 bits per heavy atom. The molecule has 3 N–H and O–H groups in total. The Morgan fingerprint density at radius 1 is 1.26 bits per heavy atom. The summed E-state index contributed by atoms with van der Waals surface area (Å²) in [4.78, 5) is 6.96. The Hall–Kier alpha value is -1.07. The van der Waals surface area contributed by atoms with E-state index in [1.165, 1.54) is 12.1 Å². The smallest absolute Gasteiger partial charge is 0.393 e. The molecule has 1 atom stereocenters. The fourth-order valence-electron chi connectivity index (χ4n) is 3.57. The van der Waals surface area contributed by atoms with Crippen LogP contribution in [-0.2, 0) is 6.18 Å². The van der Waals surface area contributed by atoms with Gasteiger partial charge in [0.25, 0.3) is 0 Å². The van der Waals surface area contributed by atoms with Crippen LogP contribution in [0.4, 0.5) is 13.2 Å². The minimum absolute atomic E-state index is 0. The number of piperidine rings is 1. The van der Waals surface area contributed by atoms with Gasteiger partial charge < -0.3 is 20.6 Å². The molecular weight excluding hydrogens is 520 g/mol. The van der Waals surface area contributed by atoms with Crippen LogP contribution >= 0.6 is 24.0 Å². The maximum atomic E-state index is 12.9. The first kappa shape index (κ1) is 28.0. The van der Waals surface area contributed by atoms with E-state index < -0.39 is 11.7 Å². The summed E-state index contributed by atoms with van der Waals surface area (Å²) in [5.41, 5.74) is 0.0955. The normalized spacial score (nSPS) is 17.2. The summed E-state index contributed by atoms with van der Waals surface area (Å²) >= 11 is 0. The highest BCUT2D eigenvalue weighted by molar-refractivity contribution is 14.0. The second-order valence-electron chi connectivity index (χ2n) is 7.93. The molecule has 0 aromatic heterocycles. The predicted molar refractivity (Wildman–Crippen MR) is 130 cm³/mol. The van der Waals surface area contributed by atoms with Gasteiger partial charge in [0.1, 0.15) is 0 Å². The van der Waals surface area contributed by atoms with Gasteiger partial charge in [-0.15, -0.1) is 24.0 Å². The van der Waals surface area contributed by atoms with Crippen LogP contribution in [0.25, 0.3) is 0 Å². The molecule has 0 amide bonds. The van der Waals surface area contributed by atoms with E-state index in [9.17, 15) is 18.3 Å². The van der Waals surface area contributed by atoms with Crippen LogP contribution in [0.5, 0.6) is 0 Å². The van der Waals surface area contributed by atoms with Crippen LogP contribution in [0, 0.1) is 0 Å². The topological polar surface area (TPSA) is 59.9 Å². The molecule has 1 unspecified atom stereocenters. The molecule has 5 nitrogen and oxygen atoms in total. The number of benzene rings is 1. The Morgan fingerprint density at radius 3 is 2.61 bits per heavy atom. The Labute approximate surface area is 200 Å². The van der Waals surface area contributed by atoms with Crippen molar-refractivity contribution in [3.8, 4) is 0 Å². The van der Waals surface area contributed by atoms with Crippen molar-refractivity contribution in [3.63, 3.8) is 0 Å². The summed E-state index contributed by atoms with van der Waals surface area (Å²) in [5.74, 6) is 0.750. The van der Waals surface area contributed by atoms with Crippen LogP contribution in [-0.4, -0.2) is 61.3 Å². The third kappa shape index (κ3) is 10.4. The van der Waals surface area contributed by atoms with Crippen LogP contribution < -0.4 is 10.6 Å². The van der Waals surface area contributed by atoms with Crippen LogP contribution in [0.1, 0.15) is 56.6 Å². The van der Waals surface area contributed by atoms with Crippen molar-refractivity contribution < 1.29 is 18.3 Å². The van der Waals surface area contributed by atoms with E-state index in [0.717, 1.165) is 57.5 Å². The van der Waals surface area contributed by atoms with Crippen LogP contribution in [0.2, 0.25) is 0 Å². The largest absolute Gasteiger partial charge is 0.416 e. The van der Waals surface area contributed by atoms with Gasteiger partial charge in [0, 0.05) is 32.7 Å². The average Bonchev–Trinajstić information content (AvgIpc) is 2.72. The van der Waals surface area contributed by atoms with Gasteiger partial charge in [-0.1, -0.05) is 25.1 Å². The molecule has 178 valence electrons. The van der Waals surface area contributed by atoms with Gasteiger partial charge in [-0.3, -0.25) is 4.99 Å². The average molecular weight is 556 g/mol. The third-order valence-electron chi connectivity index (χ3n) is 5.46. The molecule has 0 spiro atoms. The van der Waals surface area contributed by atoms with Crippen molar-refractivity contribution >= 4 is 29.9 Å². The number of guanidine groups is 1. The van der Waals surface area contributed by atoms with Gasteiger partial charge in [-0.2, -0.15) is 13.2 Å². The molecule has 9 heteroatoms. The number of alkyl halides is 3. The van der Waals surface area contributed by atoms with Crippen molar-refractivity contribution in [2.24, 2.45) is 4.99 Å². The van der Waals surface area contributed by atoms with Crippen molar-refractivity contribution in [3.05, 3.63) is 35.4 Å². The van der Waals surface area contributed by atoms with E-state index in [-0.39, 0.29) is 36.0 Å². The molecular formula is C22H36F3IN4O. The summed E-state index contributed by atoms with van der Waals surface area (Å²) in [7, 11) is 0. The third-order valence-corrected chi connectivity index (χ3v) is 5.46. The monoisotopic (exact) mass is 556 g/mol. The van der Waals surface area contributed by atoms with Crippen molar-refractivity contribution in [1.29, 1.82) is 0 Å². The molecule has 0 radical (unpaired) electrons. The first-order chi connectivity index (χ1) is 14.3. The minimum atomic E-state index is -4.31. The SMILES string of the molecule is CCNC(=NCCCN1CCC(O)CC1)NCCC(C)c1cccc(C(F)(F)F)c1.I. The highest BCUT2D eigenvalue weighted by atomic mass is 127. The summed E-state index contributed by atoms with van der Waals surface area (Å²) in [6.45, 7) is 8.89. The van der Waals surface area contributed by atoms with Crippen molar-refractivity contribution in [1.82, 2.24) is 15.5 Å². The van der Waals surface area contributed by atoms with Gasteiger partial charge in [-0.05, 0) is 56.7 Å². The summed E-state index contributed by atoms with van der Waals surface area (Å²) < 4.78 is 38.7. The van der Waals surface area contributed by atoms with Crippen molar-refractivity contribution in [2.75, 3.05) is 39.3 Å². The van der Waals surface area contributed by atoms with Gasteiger partial charge in [-0.25, -0.2) is 0 Å². The standard InChI is InChI=1S/C22H35F3N4O.HI/c1-3-26-21(27-11-5-13-29-14-9-20(30)10-15-29)28-12-8-17(2)18-6-4-7-19(16-18)22(23,24)25;/h4,6-7,16-17,20,30H,3,5,8-15H2,1-2H3,(H2,26,27,28);1H. The number of nitrogens with one attached hydrogen (secondary N) is 2.